The summed E-state index contributed by atoms with van der Waals surface area (Å²) in [6.07, 6.45) is 0.0792. The number of carbonyl (C=O) groups excluding carboxylic acids is 1. The second kappa shape index (κ2) is 14.0. The van der Waals surface area contributed by atoms with Crippen molar-refractivity contribution in [2.45, 2.75) is 51.2 Å². The Morgan fingerprint density at radius 1 is 0.909 bits per heavy atom. The third-order valence-corrected chi connectivity index (χ3v) is 6.92. The van der Waals surface area contributed by atoms with Gasteiger partial charge < -0.3 is 14.5 Å². The largest absolute Gasteiger partial charge is 0.445 e. The Morgan fingerprint density at radius 3 is 1.91 bits per heavy atom. The molecular weight excluding hydrogens is 440 g/mol. The second-order valence-corrected chi connectivity index (χ2v) is 9.28. The Labute approximate surface area is 198 Å². The standard InChI is InChI=1S/C19H21NO5S.C6H15N/c21-19(24-15-16-7-3-1-4-8-16)20-13-11-17(12-14-20)25-26(22,23)18-9-5-2-6-10-18;1-4-7(5-2)6-3/h1-10,17H,11-15H2;4-6H2,1-3H3. The SMILES string of the molecule is CCN(CC)CC.O=C(OCc1ccccc1)N1CCC(OS(=O)(=O)c2ccccc2)CC1. The lowest BCUT2D eigenvalue weighted by Gasteiger charge is -2.30. The molecule has 1 amide bonds. The number of benzene rings is 2. The average Bonchev–Trinajstić information content (AvgIpc) is 2.85. The Bertz CT molecular complexity index is 905. The normalized spacial score (nSPS) is 14.5. The molecule has 0 saturated carbocycles. The van der Waals surface area contributed by atoms with E-state index in [1.807, 2.05) is 30.3 Å². The second-order valence-electron chi connectivity index (χ2n) is 7.71. The lowest BCUT2D eigenvalue weighted by Crippen LogP contribution is -2.41. The van der Waals surface area contributed by atoms with Crippen LogP contribution in [0.15, 0.2) is 65.6 Å². The van der Waals surface area contributed by atoms with Crippen molar-refractivity contribution in [3.63, 3.8) is 0 Å². The van der Waals surface area contributed by atoms with Gasteiger partial charge >= 0.3 is 6.09 Å². The summed E-state index contributed by atoms with van der Waals surface area (Å²) in [7, 11) is -3.78. The van der Waals surface area contributed by atoms with Crippen LogP contribution >= 0.6 is 0 Å². The Hall–Kier alpha value is -2.42. The molecule has 33 heavy (non-hydrogen) atoms. The lowest BCUT2D eigenvalue weighted by atomic mass is 10.1. The number of ether oxygens (including phenoxy) is 1. The molecular formula is C25H36N2O5S. The van der Waals surface area contributed by atoms with Crippen molar-refractivity contribution in [2.24, 2.45) is 0 Å². The molecule has 8 heteroatoms. The predicted octanol–water partition coefficient (Wildman–Crippen LogP) is 4.54. The van der Waals surface area contributed by atoms with E-state index < -0.39 is 22.3 Å². The van der Waals surface area contributed by atoms with E-state index in [0.717, 1.165) is 5.56 Å². The number of hydrogen-bond acceptors (Lipinski definition) is 6. The highest BCUT2D eigenvalue weighted by Crippen LogP contribution is 2.21. The minimum absolute atomic E-state index is 0.143. The van der Waals surface area contributed by atoms with Crippen LogP contribution in [0.3, 0.4) is 0 Å². The molecule has 0 aliphatic carbocycles. The molecule has 2 aromatic carbocycles. The van der Waals surface area contributed by atoms with E-state index in [1.54, 1.807) is 23.1 Å². The maximum Gasteiger partial charge on any atom is 0.410 e. The highest BCUT2D eigenvalue weighted by molar-refractivity contribution is 7.86. The third-order valence-electron chi connectivity index (χ3n) is 5.54. The molecule has 0 aromatic heterocycles. The lowest BCUT2D eigenvalue weighted by molar-refractivity contribution is 0.0658. The van der Waals surface area contributed by atoms with Crippen molar-refractivity contribution in [1.29, 1.82) is 0 Å². The van der Waals surface area contributed by atoms with Crippen LogP contribution in [0.25, 0.3) is 0 Å². The van der Waals surface area contributed by atoms with Gasteiger partial charge in [0.25, 0.3) is 10.1 Å². The van der Waals surface area contributed by atoms with E-state index >= 15 is 0 Å². The fraction of sp³-hybridized carbons (Fsp3) is 0.480. The van der Waals surface area contributed by atoms with Gasteiger partial charge in [-0.2, -0.15) is 8.42 Å². The zero-order valence-corrected chi connectivity index (χ0v) is 20.7. The Balaban J connectivity index is 0.000000479. The average molecular weight is 477 g/mol. The van der Waals surface area contributed by atoms with E-state index in [4.69, 9.17) is 8.92 Å². The summed E-state index contributed by atoms with van der Waals surface area (Å²) in [6.45, 7) is 11.2. The first-order valence-electron chi connectivity index (χ1n) is 11.6. The minimum Gasteiger partial charge on any atom is -0.445 e. The summed E-state index contributed by atoms with van der Waals surface area (Å²) < 4.78 is 35.1. The van der Waals surface area contributed by atoms with Gasteiger partial charge in [-0.3, -0.25) is 4.18 Å². The monoisotopic (exact) mass is 476 g/mol. The maximum absolute atomic E-state index is 12.2. The van der Waals surface area contributed by atoms with Crippen LogP contribution in [0.1, 0.15) is 39.2 Å². The summed E-state index contributed by atoms with van der Waals surface area (Å²) in [5, 5.41) is 0. The molecule has 7 nitrogen and oxygen atoms in total. The van der Waals surface area contributed by atoms with E-state index in [-0.39, 0.29) is 11.5 Å². The van der Waals surface area contributed by atoms with E-state index in [9.17, 15) is 13.2 Å². The van der Waals surface area contributed by atoms with Crippen molar-refractivity contribution >= 4 is 16.2 Å². The zero-order chi connectivity index (χ0) is 24.1. The van der Waals surface area contributed by atoms with Crippen molar-refractivity contribution in [3.05, 3.63) is 66.2 Å². The summed E-state index contributed by atoms with van der Waals surface area (Å²) in [5.74, 6) is 0. The van der Waals surface area contributed by atoms with Gasteiger partial charge in [-0.25, -0.2) is 4.79 Å². The fourth-order valence-electron chi connectivity index (χ4n) is 3.44. The minimum atomic E-state index is -3.78. The van der Waals surface area contributed by atoms with Gasteiger partial charge in [0.1, 0.15) is 6.61 Å². The van der Waals surface area contributed by atoms with Crippen LogP contribution in [0, 0.1) is 0 Å². The topological polar surface area (TPSA) is 76.2 Å². The number of nitrogens with zero attached hydrogens (tertiary/aromatic N) is 2. The van der Waals surface area contributed by atoms with Crippen molar-refractivity contribution in [1.82, 2.24) is 9.80 Å². The van der Waals surface area contributed by atoms with Crippen molar-refractivity contribution in [2.75, 3.05) is 32.7 Å². The van der Waals surface area contributed by atoms with Gasteiger partial charge in [0.05, 0.1) is 11.0 Å². The first-order valence-corrected chi connectivity index (χ1v) is 13.0. The molecule has 1 aliphatic rings. The first kappa shape index (κ1) is 26.8. The van der Waals surface area contributed by atoms with Crippen LogP contribution in [0.2, 0.25) is 0 Å². The van der Waals surface area contributed by atoms with E-state index in [0.29, 0.717) is 25.9 Å². The number of likely N-dealkylation sites (tertiary alicyclic amines) is 1. The zero-order valence-electron chi connectivity index (χ0n) is 19.9. The molecule has 0 N–H and O–H groups in total. The number of hydrogen-bond donors (Lipinski definition) is 0. The number of piperidine rings is 1. The van der Waals surface area contributed by atoms with Gasteiger partial charge in [0.2, 0.25) is 0 Å². The molecule has 0 unspecified atom stereocenters. The molecule has 0 spiro atoms. The molecule has 0 radical (unpaired) electrons. The quantitative estimate of drug-likeness (QED) is 0.521. The fourth-order valence-corrected chi connectivity index (χ4v) is 4.59. The van der Waals surface area contributed by atoms with Crippen molar-refractivity contribution < 1.29 is 22.1 Å². The van der Waals surface area contributed by atoms with Crippen LogP contribution < -0.4 is 0 Å². The van der Waals surface area contributed by atoms with Gasteiger partial charge in [-0.1, -0.05) is 69.3 Å². The molecule has 1 heterocycles. The molecule has 0 bridgehead atoms. The molecule has 1 saturated heterocycles. The highest BCUT2D eigenvalue weighted by Gasteiger charge is 2.28. The summed E-state index contributed by atoms with van der Waals surface area (Å²) >= 11 is 0. The predicted molar refractivity (Wildman–Crippen MR) is 129 cm³/mol. The summed E-state index contributed by atoms with van der Waals surface area (Å²) in [5.41, 5.74) is 0.924. The van der Waals surface area contributed by atoms with E-state index in [1.165, 1.54) is 31.8 Å². The van der Waals surface area contributed by atoms with Crippen molar-refractivity contribution in [3.8, 4) is 0 Å². The number of amides is 1. The molecule has 3 rings (SSSR count). The number of rotatable bonds is 8. The van der Waals surface area contributed by atoms with Gasteiger partial charge in [0.15, 0.2) is 0 Å². The van der Waals surface area contributed by atoms with Gasteiger partial charge in [-0.15, -0.1) is 0 Å². The smallest absolute Gasteiger partial charge is 0.410 e. The van der Waals surface area contributed by atoms with Crippen LogP contribution in [-0.2, 0) is 25.6 Å². The summed E-state index contributed by atoms with van der Waals surface area (Å²) in [6, 6.07) is 17.5. The van der Waals surface area contributed by atoms with Crippen LogP contribution in [0.4, 0.5) is 4.79 Å². The molecule has 0 atom stereocenters. The van der Waals surface area contributed by atoms with Crippen LogP contribution in [-0.4, -0.2) is 63.1 Å². The van der Waals surface area contributed by atoms with Crippen LogP contribution in [0.5, 0.6) is 0 Å². The first-order chi connectivity index (χ1) is 15.9. The molecule has 182 valence electrons. The Morgan fingerprint density at radius 2 is 1.42 bits per heavy atom. The van der Waals surface area contributed by atoms with Gasteiger partial charge in [0, 0.05) is 13.1 Å². The maximum atomic E-state index is 12.2. The summed E-state index contributed by atoms with van der Waals surface area (Å²) in [4.78, 5) is 16.2. The van der Waals surface area contributed by atoms with Gasteiger partial charge in [-0.05, 0) is 50.2 Å². The highest BCUT2D eigenvalue weighted by atomic mass is 32.2. The third kappa shape index (κ3) is 9.15. The molecule has 2 aromatic rings. The molecule has 1 aliphatic heterocycles. The van der Waals surface area contributed by atoms with E-state index in [2.05, 4.69) is 25.7 Å². The number of carbonyl (C=O) groups is 1. The molecule has 1 fully saturated rings. The Kier molecular flexibility index (Phi) is 11.4.